The SMILES string of the molecule is CC(=O)O[C@@H]1[C@H](C)[C@@H]2CC[C@@]3(C)O[C@@]23C[C@@]2(C)C(=O)CC(C(C)C)=C2[C@H]1OC(C)=O. The summed E-state index contributed by atoms with van der Waals surface area (Å²) in [5, 5.41) is 0. The van der Waals surface area contributed by atoms with Crippen LogP contribution in [0, 0.1) is 23.2 Å². The number of hydrogen-bond donors (Lipinski definition) is 0. The van der Waals surface area contributed by atoms with Crippen LogP contribution in [0.25, 0.3) is 0 Å². The molecule has 0 N–H and O–H groups in total. The van der Waals surface area contributed by atoms with E-state index in [-0.39, 0.29) is 29.1 Å². The molecule has 3 aliphatic carbocycles. The molecule has 6 heteroatoms. The molecule has 1 spiro atoms. The van der Waals surface area contributed by atoms with E-state index in [1.807, 2.05) is 6.92 Å². The number of hydrogen-bond acceptors (Lipinski definition) is 6. The van der Waals surface area contributed by atoms with E-state index in [2.05, 4.69) is 27.7 Å². The summed E-state index contributed by atoms with van der Waals surface area (Å²) in [5.74, 6) is -0.500. The molecular formula is C24H34O6. The molecule has 0 radical (unpaired) electrons. The largest absolute Gasteiger partial charge is 0.458 e. The van der Waals surface area contributed by atoms with Crippen molar-refractivity contribution in [1.82, 2.24) is 0 Å². The highest BCUT2D eigenvalue weighted by Gasteiger charge is 2.78. The van der Waals surface area contributed by atoms with E-state index in [1.54, 1.807) is 0 Å². The molecular weight excluding hydrogens is 384 g/mol. The molecule has 1 aliphatic heterocycles. The second-order valence-electron chi connectivity index (χ2n) is 10.5. The fraction of sp³-hybridized carbons (Fsp3) is 0.792. The maximum Gasteiger partial charge on any atom is 0.303 e. The van der Waals surface area contributed by atoms with Crippen LogP contribution in [0.5, 0.6) is 0 Å². The molecule has 4 rings (SSSR count). The van der Waals surface area contributed by atoms with Gasteiger partial charge >= 0.3 is 11.9 Å². The standard InChI is InChI=1S/C24H34O6/c1-12(2)16-10-18(27)22(6)11-24-17(8-9-23(24,7)30-24)13(3)20(28-14(4)25)21(19(16)22)29-15(5)26/h12-13,17,20-21H,8-11H2,1-7H3/t13-,17+,20-,21-,22+,23-,24+/m1/s1. The Kier molecular flexibility index (Phi) is 4.78. The highest BCUT2D eigenvalue weighted by atomic mass is 16.6. The Hall–Kier alpha value is -1.69. The van der Waals surface area contributed by atoms with Gasteiger partial charge in [0.2, 0.25) is 0 Å². The molecule has 7 atom stereocenters. The molecule has 0 aromatic carbocycles. The monoisotopic (exact) mass is 418 g/mol. The fourth-order valence-electron chi connectivity index (χ4n) is 6.85. The van der Waals surface area contributed by atoms with Crippen molar-refractivity contribution in [3.8, 4) is 0 Å². The van der Waals surface area contributed by atoms with Crippen LogP contribution in [0.4, 0.5) is 0 Å². The molecule has 1 saturated heterocycles. The molecule has 0 aromatic rings. The highest BCUT2D eigenvalue weighted by Crippen LogP contribution is 2.71. The number of carbonyl (C=O) groups excluding carboxylic acids is 3. The van der Waals surface area contributed by atoms with Gasteiger partial charge in [-0.1, -0.05) is 26.3 Å². The number of ketones is 1. The first kappa shape index (κ1) is 21.5. The number of allylic oxidation sites excluding steroid dienone is 1. The summed E-state index contributed by atoms with van der Waals surface area (Å²) in [6, 6.07) is 0. The van der Waals surface area contributed by atoms with Crippen molar-refractivity contribution >= 4 is 17.7 Å². The Balaban J connectivity index is 1.93. The Morgan fingerprint density at radius 3 is 2.30 bits per heavy atom. The lowest BCUT2D eigenvalue weighted by atomic mass is 9.62. The van der Waals surface area contributed by atoms with E-state index >= 15 is 0 Å². The lowest BCUT2D eigenvalue weighted by Gasteiger charge is -2.45. The van der Waals surface area contributed by atoms with Gasteiger partial charge in [0.15, 0.2) is 6.10 Å². The summed E-state index contributed by atoms with van der Waals surface area (Å²) >= 11 is 0. The van der Waals surface area contributed by atoms with Crippen LogP contribution < -0.4 is 0 Å². The van der Waals surface area contributed by atoms with Gasteiger partial charge in [0, 0.05) is 26.2 Å². The van der Waals surface area contributed by atoms with Crippen LogP contribution in [-0.4, -0.2) is 41.1 Å². The van der Waals surface area contributed by atoms with Gasteiger partial charge in [-0.25, -0.2) is 0 Å². The number of rotatable bonds is 3. The predicted molar refractivity (Wildman–Crippen MR) is 109 cm³/mol. The Morgan fingerprint density at radius 1 is 1.13 bits per heavy atom. The van der Waals surface area contributed by atoms with E-state index in [9.17, 15) is 14.4 Å². The van der Waals surface area contributed by atoms with Crippen molar-refractivity contribution in [2.24, 2.45) is 23.2 Å². The molecule has 0 amide bonds. The van der Waals surface area contributed by atoms with Gasteiger partial charge < -0.3 is 14.2 Å². The van der Waals surface area contributed by atoms with Crippen LogP contribution in [0.3, 0.4) is 0 Å². The molecule has 6 nitrogen and oxygen atoms in total. The smallest absolute Gasteiger partial charge is 0.303 e. The molecule has 3 fully saturated rings. The summed E-state index contributed by atoms with van der Waals surface area (Å²) in [4.78, 5) is 37.7. The third-order valence-electron chi connectivity index (χ3n) is 8.34. The second-order valence-corrected chi connectivity index (χ2v) is 10.5. The number of carbonyl (C=O) groups is 3. The predicted octanol–water partition coefficient (Wildman–Crippen LogP) is 3.76. The van der Waals surface area contributed by atoms with Crippen LogP contribution >= 0.6 is 0 Å². The van der Waals surface area contributed by atoms with Crippen LogP contribution in [-0.2, 0) is 28.6 Å². The number of esters is 2. The topological polar surface area (TPSA) is 82.2 Å². The van der Waals surface area contributed by atoms with Crippen molar-refractivity contribution in [2.45, 2.75) is 97.6 Å². The van der Waals surface area contributed by atoms with Gasteiger partial charge in [-0.05, 0) is 50.5 Å². The third-order valence-corrected chi connectivity index (χ3v) is 8.34. The first-order chi connectivity index (χ1) is 13.9. The molecule has 30 heavy (non-hydrogen) atoms. The minimum absolute atomic E-state index is 0.0660. The summed E-state index contributed by atoms with van der Waals surface area (Å²) in [6.45, 7) is 13.1. The molecule has 1 heterocycles. The summed E-state index contributed by atoms with van der Waals surface area (Å²) in [7, 11) is 0. The second kappa shape index (κ2) is 6.65. The average molecular weight is 419 g/mol. The van der Waals surface area contributed by atoms with Gasteiger partial charge in [-0.2, -0.15) is 0 Å². The van der Waals surface area contributed by atoms with Crippen molar-refractivity contribution in [3.63, 3.8) is 0 Å². The van der Waals surface area contributed by atoms with Crippen LogP contribution in [0.1, 0.15) is 74.1 Å². The van der Waals surface area contributed by atoms with E-state index in [0.717, 1.165) is 24.0 Å². The maximum absolute atomic E-state index is 13.5. The van der Waals surface area contributed by atoms with Crippen molar-refractivity contribution < 1.29 is 28.6 Å². The van der Waals surface area contributed by atoms with E-state index < -0.39 is 35.2 Å². The van der Waals surface area contributed by atoms with E-state index in [1.165, 1.54) is 13.8 Å². The van der Waals surface area contributed by atoms with Crippen LogP contribution in [0.15, 0.2) is 11.1 Å². The zero-order valence-corrected chi connectivity index (χ0v) is 19.2. The number of ether oxygens (including phenoxy) is 3. The summed E-state index contributed by atoms with van der Waals surface area (Å²) in [6.07, 6.45) is 1.42. The van der Waals surface area contributed by atoms with Crippen molar-refractivity contribution in [1.29, 1.82) is 0 Å². The van der Waals surface area contributed by atoms with Gasteiger partial charge in [0.1, 0.15) is 17.5 Å². The Labute approximate surface area is 178 Å². The highest BCUT2D eigenvalue weighted by molar-refractivity contribution is 5.94. The minimum Gasteiger partial charge on any atom is -0.458 e. The first-order valence-corrected chi connectivity index (χ1v) is 11.2. The Bertz CT molecular complexity index is 843. The third kappa shape index (κ3) is 2.82. The van der Waals surface area contributed by atoms with Gasteiger partial charge in [-0.3, -0.25) is 14.4 Å². The first-order valence-electron chi connectivity index (χ1n) is 11.2. The zero-order chi connectivity index (χ0) is 22.2. The summed E-state index contributed by atoms with van der Waals surface area (Å²) < 4.78 is 18.1. The van der Waals surface area contributed by atoms with Crippen molar-refractivity contribution in [2.75, 3.05) is 0 Å². The summed E-state index contributed by atoms with van der Waals surface area (Å²) in [5.41, 5.74) is 0.421. The van der Waals surface area contributed by atoms with Crippen LogP contribution in [0.2, 0.25) is 0 Å². The molecule has 0 unspecified atom stereocenters. The van der Waals surface area contributed by atoms with Gasteiger partial charge in [-0.15, -0.1) is 0 Å². The maximum atomic E-state index is 13.5. The van der Waals surface area contributed by atoms with E-state index in [4.69, 9.17) is 14.2 Å². The van der Waals surface area contributed by atoms with Crippen molar-refractivity contribution in [3.05, 3.63) is 11.1 Å². The zero-order valence-electron chi connectivity index (χ0n) is 19.2. The average Bonchev–Trinajstić information content (AvgIpc) is 2.96. The molecule has 0 aromatic heterocycles. The minimum atomic E-state index is -0.793. The molecule has 2 saturated carbocycles. The number of epoxide rings is 1. The normalized spacial score (nSPS) is 44.7. The fourth-order valence-corrected chi connectivity index (χ4v) is 6.85. The Morgan fingerprint density at radius 2 is 1.77 bits per heavy atom. The molecule has 166 valence electrons. The van der Waals surface area contributed by atoms with Gasteiger partial charge in [0.25, 0.3) is 0 Å². The van der Waals surface area contributed by atoms with E-state index in [0.29, 0.717) is 12.8 Å². The van der Waals surface area contributed by atoms with Gasteiger partial charge in [0.05, 0.1) is 11.0 Å². The quantitative estimate of drug-likeness (QED) is 0.394. The lowest BCUT2D eigenvalue weighted by Crippen LogP contribution is -2.53. The lowest BCUT2D eigenvalue weighted by molar-refractivity contribution is -0.172. The number of fused-ring (bicyclic) bond motifs is 1. The number of Topliss-reactive ketones (excluding diaryl/α,β-unsaturated/α-hetero) is 1. The molecule has 0 bridgehead atoms. The molecule has 4 aliphatic rings.